The van der Waals surface area contributed by atoms with E-state index in [2.05, 4.69) is 26.2 Å². The van der Waals surface area contributed by atoms with E-state index < -0.39 is 0 Å². The van der Waals surface area contributed by atoms with Crippen LogP contribution in [0.1, 0.15) is 11.3 Å². The number of hydrogen-bond donors (Lipinski definition) is 1. The summed E-state index contributed by atoms with van der Waals surface area (Å²) in [6, 6.07) is 5.99. The summed E-state index contributed by atoms with van der Waals surface area (Å²) in [5, 5.41) is 7.86. The monoisotopic (exact) mass is 310 g/mol. The molecule has 0 fully saturated rings. The summed E-state index contributed by atoms with van der Waals surface area (Å²) in [6.07, 6.45) is 1.83. The molecule has 0 atom stereocenters. The fourth-order valence-electron chi connectivity index (χ4n) is 1.51. The summed E-state index contributed by atoms with van der Waals surface area (Å²) in [5.74, 6) is 0.833. The zero-order chi connectivity index (χ0) is 13.0. The number of benzene rings is 1. The largest absolute Gasteiger partial charge is 0.490 e. The summed E-state index contributed by atoms with van der Waals surface area (Å²) in [6.45, 7) is 3.63. The molecule has 0 aliphatic heterocycles. The molecule has 96 valence electrons. The lowest BCUT2D eigenvalue weighted by atomic mass is 10.2. The average molecular weight is 311 g/mol. The molecule has 5 nitrogen and oxygen atoms in total. The topological polar surface area (TPSA) is 66.0 Å². The van der Waals surface area contributed by atoms with E-state index in [1.165, 1.54) is 5.56 Å². The lowest BCUT2D eigenvalue weighted by Crippen LogP contribution is -2.09. The number of nitrogens with zero attached hydrogens (tertiary/aromatic N) is 3. The van der Waals surface area contributed by atoms with Crippen LogP contribution < -0.4 is 10.5 Å². The van der Waals surface area contributed by atoms with Crippen LogP contribution >= 0.6 is 15.9 Å². The maximum Gasteiger partial charge on any atom is 0.133 e. The van der Waals surface area contributed by atoms with Gasteiger partial charge in [0.2, 0.25) is 0 Å². The molecule has 2 rings (SSSR count). The van der Waals surface area contributed by atoms with E-state index in [4.69, 9.17) is 10.5 Å². The second-order valence-electron chi connectivity index (χ2n) is 3.96. The van der Waals surface area contributed by atoms with Gasteiger partial charge in [-0.15, -0.1) is 5.10 Å². The fourth-order valence-corrected chi connectivity index (χ4v) is 2.12. The van der Waals surface area contributed by atoms with Crippen LogP contribution in [0.3, 0.4) is 0 Å². The Kier molecular flexibility index (Phi) is 4.33. The minimum absolute atomic E-state index is 0.407. The number of rotatable bonds is 5. The zero-order valence-corrected chi connectivity index (χ0v) is 11.7. The molecule has 0 bridgehead atoms. The summed E-state index contributed by atoms with van der Waals surface area (Å²) < 4.78 is 8.36. The number of hydrogen-bond acceptors (Lipinski definition) is 4. The summed E-state index contributed by atoms with van der Waals surface area (Å²) in [4.78, 5) is 0. The van der Waals surface area contributed by atoms with Crippen molar-refractivity contribution in [3.63, 3.8) is 0 Å². The Morgan fingerprint density at radius 2 is 2.28 bits per heavy atom. The van der Waals surface area contributed by atoms with Gasteiger partial charge in [0.15, 0.2) is 0 Å². The van der Waals surface area contributed by atoms with E-state index in [0.717, 1.165) is 15.9 Å². The number of ether oxygens (including phenoxy) is 1. The van der Waals surface area contributed by atoms with Crippen LogP contribution in [0.25, 0.3) is 0 Å². The number of aryl methyl sites for hydroxylation is 1. The number of halogens is 1. The van der Waals surface area contributed by atoms with Gasteiger partial charge in [-0.05, 0) is 40.5 Å². The number of aromatic nitrogens is 3. The minimum Gasteiger partial charge on any atom is -0.490 e. The predicted octanol–water partition coefficient (Wildman–Crippen LogP) is 1.89. The van der Waals surface area contributed by atoms with Crippen molar-refractivity contribution in [2.24, 2.45) is 5.73 Å². The Hall–Kier alpha value is -1.40. The van der Waals surface area contributed by atoms with Crippen molar-refractivity contribution in [1.82, 2.24) is 15.0 Å². The Morgan fingerprint density at radius 3 is 2.94 bits per heavy atom. The van der Waals surface area contributed by atoms with E-state index in [1.807, 2.05) is 31.3 Å². The van der Waals surface area contributed by atoms with Crippen LogP contribution in [0.15, 0.2) is 28.9 Å². The maximum atomic E-state index is 5.67. The van der Waals surface area contributed by atoms with Gasteiger partial charge in [0.05, 0.1) is 16.7 Å². The van der Waals surface area contributed by atoms with Crippen molar-refractivity contribution in [3.8, 4) is 5.75 Å². The summed E-state index contributed by atoms with van der Waals surface area (Å²) in [5.41, 5.74) is 7.44. The third kappa shape index (κ3) is 3.30. The van der Waals surface area contributed by atoms with E-state index in [0.29, 0.717) is 19.7 Å². The van der Waals surface area contributed by atoms with Gasteiger partial charge in [-0.25, -0.2) is 4.68 Å². The van der Waals surface area contributed by atoms with Gasteiger partial charge in [-0.1, -0.05) is 11.3 Å². The van der Waals surface area contributed by atoms with Crippen LogP contribution in [0.5, 0.6) is 5.75 Å². The van der Waals surface area contributed by atoms with Gasteiger partial charge >= 0.3 is 0 Å². The molecule has 0 spiro atoms. The molecule has 1 aromatic carbocycles. The highest BCUT2D eigenvalue weighted by atomic mass is 79.9. The molecule has 2 N–H and O–H groups in total. The van der Waals surface area contributed by atoms with Gasteiger partial charge in [0, 0.05) is 12.7 Å². The molecule has 1 aromatic heterocycles. The zero-order valence-electron chi connectivity index (χ0n) is 10.1. The van der Waals surface area contributed by atoms with Crippen LogP contribution in [0.4, 0.5) is 0 Å². The second kappa shape index (κ2) is 5.97. The molecule has 1 heterocycles. The highest BCUT2D eigenvalue weighted by Gasteiger charge is 2.02. The quantitative estimate of drug-likeness (QED) is 0.916. The molecule has 0 saturated heterocycles. The second-order valence-corrected chi connectivity index (χ2v) is 4.81. The van der Waals surface area contributed by atoms with Crippen LogP contribution in [0.2, 0.25) is 0 Å². The van der Waals surface area contributed by atoms with Crippen LogP contribution in [0, 0.1) is 6.92 Å². The normalized spacial score (nSPS) is 10.6. The molecule has 0 radical (unpaired) electrons. The molecule has 2 aromatic rings. The first-order chi connectivity index (χ1) is 8.69. The Balaban J connectivity index is 1.88. The van der Waals surface area contributed by atoms with Crippen molar-refractivity contribution in [1.29, 1.82) is 0 Å². The van der Waals surface area contributed by atoms with Crippen molar-refractivity contribution >= 4 is 15.9 Å². The van der Waals surface area contributed by atoms with Crippen LogP contribution in [-0.2, 0) is 13.1 Å². The first-order valence-electron chi connectivity index (χ1n) is 5.67. The Morgan fingerprint density at radius 1 is 1.44 bits per heavy atom. The lowest BCUT2D eigenvalue weighted by molar-refractivity contribution is 0.288. The molecule has 0 aliphatic carbocycles. The molecular formula is C12H15BrN4O. The fraction of sp³-hybridized carbons (Fsp3) is 0.333. The standard InChI is InChI=1S/C12H15BrN4O/c1-9-2-3-12(11(13)6-9)18-5-4-17-8-10(7-14)15-16-17/h2-3,6,8H,4-5,7,14H2,1H3. The molecular weight excluding hydrogens is 296 g/mol. The van der Waals surface area contributed by atoms with Gasteiger partial charge < -0.3 is 10.5 Å². The van der Waals surface area contributed by atoms with Gasteiger partial charge in [0.1, 0.15) is 12.4 Å². The average Bonchev–Trinajstić information content (AvgIpc) is 2.80. The molecule has 0 aliphatic rings. The lowest BCUT2D eigenvalue weighted by Gasteiger charge is -2.08. The maximum absolute atomic E-state index is 5.67. The smallest absolute Gasteiger partial charge is 0.133 e. The molecule has 0 saturated carbocycles. The first-order valence-corrected chi connectivity index (χ1v) is 6.46. The highest BCUT2D eigenvalue weighted by molar-refractivity contribution is 9.10. The van der Waals surface area contributed by atoms with E-state index >= 15 is 0 Å². The number of nitrogens with two attached hydrogens (primary N) is 1. The third-order valence-corrected chi connectivity index (χ3v) is 3.08. The third-order valence-electron chi connectivity index (χ3n) is 2.46. The van der Waals surface area contributed by atoms with Crippen molar-refractivity contribution < 1.29 is 4.74 Å². The van der Waals surface area contributed by atoms with Crippen molar-refractivity contribution in [3.05, 3.63) is 40.1 Å². The predicted molar refractivity (Wildman–Crippen MR) is 72.3 cm³/mol. The van der Waals surface area contributed by atoms with E-state index in [9.17, 15) is 0 Å². The first kappa shape index (κ1) is 13.0. The highest BCUT2D eigenvalue weighted by Crippen LogP contribution is 2.25. The van der Waals surface area contributed by atoms with Crippen LogP contribution in [-0.4, -0.2) is 21.6 Å². The van der Waals surface area contributed by atoms with Crippen molar-refractivity contribution in [2.75, 3.05) is 6.61 Å². The molecule has 6 heteroatoms. The van der Waals surface area contributed by atoms with Gasteiger partial charge in [-0.2, -0.15) is 0 Å². The van der Waals surface area contributed by atoms with E-state index in [-0.39, 0.29) is 0 Å². The molecule has 0 unspecified atom stereocenters. The Bertz CT molecular complexity index is 527. The molecule has 0 amide bonds. The van der Waals surface area contributed by atoms with Gasteiger partial charge in [-0.3, -0.25) is 0 Å². The minimum atomic E-state index is 0.407. The molecule has 18 heavy (non-hydrogen) atoms. The van der Waals surface area contributed by atoms with E-state index in [1.54, 1.807) is 4.68 Å². The summed E-state index contributed by atoms with van der Waals surface area (Å²) >= 11 is 3.47. The van der Waals surface area contributed by atoms with Crippen molar-refractivity contribution in [2.45, 2.75) is 20.0 Å². The Labute approximate surface area is 114 Å². The van der Waals surface area contributed by atoms with Gasteiger partial charge in [0.25, 0.3) is 0 Å². The summed E-state index contributed by atoms with van der Waals surface area (Å²) in [7, 11) is 0. The SMILES string of the molecule is Cc1ccc(OCCn2cc(CN)nn2)c(Br)c1.